The maximum Gasteiger partial charge on any atom is 0.234 e. The highest BCUT2D eigenvalue weighted by Gasteiger charge is 2.06. The van der Waals surface area contributed by atoms with Gasteiger partial charge in [-0.1, -0.05) is 0 Å². The second kappa shape index (κ2) is 6.19. The SMILES string of the molecule is Nc1cc(F)ccc1NC(=O)CSc1ccncc1. The Morgan fingerprint density at radius 1 is 1.32 bits per heavy atom. The number of carbonyl (C=O) groups excluding carboxylic acids is 1. The summed E-state index contributed by atoms with van der Waals surface area (Å²) in [6.45, 7) is 0. The van der Waals surface area contributed by atoms with Crippen molar-refractivity contribution in [2.24, 2.45) is 0 Å². The number of halogens is 1. The third kappa shape index (κ3) is 3.96. The number of nitrogens with zero attached hydrogens (tertiary/aromatic N) is 1. The number of rotatable bonds is 4. The van der Waals surface area contributed by atoms with Gasteiger partial charge in [0.1, 0.15) is 5.82 Å². The highest BCUT2D eigenvalue weighted by molar-refractivity contribution is 8.00. The molecule has 98 valence electrons. The Balaban J connectivity index is 1.91. The van der Waals surface area contributed by atoms with Crippen LogP contribution in [-0.2, 0) is 4.79 Å². The molecule has 1 aromatic heterocycles. The Morgan fingerprint density at radius 2 is 2.05 bits per heavy atom. The molecule has 0 bridgehead atoms. The van der Waals surface area contributed by atoms with Gasteiger partial charge in [0.25, 0.3) is 0 Å². The number of nitrogens with two attached hydrogens (primary N) is 1. The molecule has 1 heterocycles. The second-order valence-electron chi connectivity index (χ2n) is 3.75. The van der Waals surface area contributed by atoms with E-state index in [1.54, 1.807) is 12.4 Å². The van der Waals surface area contributed by atoms with Crippen molar-refractivity contribution >= 4 is 29.0 Å². The van der Waals surface area contributed by atoms with Gasteiger partial charge in [0.05, 0.1) is 17.1 Å². The minimum absolute atomic E-state index is 0.194. The molecule has 0 aliphatic carbocycles. The van der Waals surface area contributed by atoms with E-state index < -0.39 is 5.82 Å². The van der Waals surface area contributed by atoms with Gasteiger partial charge in [-0.05, 0) is 30.3 Å². The Hall–Kier alpha value is -2.08. The van der Waals surface area contributed by atoms with E-state index in [-0.39, 0.29) is 17.3 Å². The van der Waals surface area contributed by atoms with Crippen LogP contribution in [0, 0.1) is 5.82 Å². The molecule has 1 aromatic carbocycles. The highest BCUT2D eigenvalue weighted by atomic mass is 32.2. The average Bonchev–Trinajstić information content (AvgIpc) is 2.41. The van der Waals surface area contributed by atoms with Gasteiger partial charge in [0, 0.05) is 17.3 Å². The Kier molecular flexibility index (Phi) is 4.35. The fraction of sp³-hybridized carbons (Fsp3) is 0.0769. The molecule has 6 heteroatoms. The summed E-state index contributed by atoms with van der Waals surface area (Å²) in [5, 5.41) is 2.64. The summed E-state index contributed by atoms with van der Waals surface area (Å²) >= 11 is 1.39. The number of amides is 1. The molecule has 0 saturated carbocycles. The summed E-state index contributed by atoms with van der Waals surface area (Å²) in [5.41, 5.74) is 6.24. The van der Waals surface area contributed by atoms with Gasteiger partial charge in [-0.25, -0.2) is 4.39 Å². The van der Waals surface area contributed by atoms with Gasteiger partial charge in [0.2, 0.25) is 5.91 Å². The number of nitrogens with one attached hydrogen (secondary N) is 1. The van der Waals surface area contributed by atoms with Crippen LogP contribution in [0.1, 0.15) is 0 Å². The zero-order valence-electron chi connectivity index (χ0n) is 9.97. The summed E-state index contributed by atoms with van der Waals surface area (Å²) in [6, 6.07) is 7.52. The van der Waals surface area contributed by atoms with E-state index in [2.05, 4.69) is 10.3 Å². The molecule has 3 N–H and O–H groups in total. The van der Waals surface area contributed by atoms with Crippen molar-refractivity contribution in [3.63, 3.8) is 0 Å². The van der Waals surface area contributed by atoms with Crippen LogP contribution in [0.5, 0.6) is 0 Å². The van der Waals surface area contributed by atoms with Gasteiger partial charge in [0.15, 0.2) is 0 Å². The Bertz CT molecular complexity index is 577. The van der Waals surface area contributed by atoms with Crippen molar-refractivity contribution in [2.45, 2.75) is 4.90 Å². The summed E-state index contributed by atoms with van der Waals surface area (Å²) in [4.78, 5) is 16.6. The van der Waals surface area contributed by atoms with Crippen LogP contribution in [0.4, 0.5) is 15.8 Å². The molecule has 0 atom stereocenters. The zero-order chi connectivity index (χ0) is 13.7. The minimum atomic E-state index is -0.429. The number of thioether (sulfide) groups is 1. The van der Waals surface area contributed by atoms with Crippen molar-refractivity contribution < 1.29 is 9.18 Å². The van der Waals surface area contributed by atoms with Gasteiger partial charge in [-0.2, -0.15) is 0 Å². The quantitative estimate of drug-likeness (QED) is 0.665. The summed E-state index contributed by atoms with van der Waals surface area (Å²) in [6.07, 6.45) is 3.33. The van der Waals surface area contributed by atoms with E-state index in [0.29, 0.717) is 5.69 Å². The largest absolute Gasteiger partial charge is 0.397 e. The Labute approximate surface area is 114 Å². The van der Waals surface area contributed by atoms with E-state index in [9.17, 15) is 9.18 Å². The number of pyridine rings is 1. The zero-order valence-corrected chi connectivity index (χ0v) is 10.8. The fourth-order valence-electron chi connectivity index (χ4n) is 1.42. The van der Waals surface area contributed by atoms with E-state index in [0.717, 1.165) is 4.90 Å². The standard InChI is InChI=1S/C13H12FN3OS/c14-9-1-2-12(11(15)7-9)17-13(18)8-19-10-3-5-16-6-4-10/h1-7H,8,15H2,(H,17,18). The molecule has 0 aliphatic heterocycles. The molecule has 4 nitrogen and oxygen atoms in total. The lowest BCUT2D eigenvalue weighted by molar-refractivity contribution is -0.113. The molecule has 0 spiro atoms. The van der Waals surface area contributed by atoms with E-state index >= 15 is 0 Å². The van der Waals surface area contributed by atoms with E-state index in [1.807, 2.05) is 12.1 Å². The van der Waals surface area contributed by atoms with Gasteiger partial charge in [-0.3, -0.25) is 9.78 Å². The number of hydrogen-bond donors (Lipinski definition) is 2. The van der Waals surface area contributed by atoms with E-state index in [4.69, 9.17) is 5.73 Å². The Morgan fingerprint density at radius 3 is 2.74 bits per heavy atom. The molecular weight excluding hydrogens is 265 g/mol. The smallest absolute Gasteiger partial charge is 0.234 e. The van der Waals surface area contributed by atoms with Crippen molar-refractivity contribution in [3.8, 4) is 0 Å². The van der Waals surface area contributed by atoms with E-state index in [1.165, 1.54) is 30.0 Å². The van der Waals surface area contributed by atoms with Crippen molar-refractivity contribution in [2.75, 3.05) is 16.8 Å². The van der Waals surface area contributed by atoms with Crippen LogP contribution in [-0.4, -0.2) is 16.6 Å². The molecule has 0 unspecified atom stereocenters. The molecule has 0 aliphatic rings. The first kappa shape index (κ1) is 13.4. The maximum atomic E-state index is 12.9. The molecule has 2 aromatic rings. The van der Waals surface area contributed by atoms with Crippen molar-refractivity contribution in [1.82, 2.24) is 4.98 Å². The lowest BCUT2D eigenvalue weighted by Gasteiger charge is -2.07. The number of nitrogen functional groups attached to an aromatic ring is 1. The first-order valence-electron chi connectivity index (χ1n) is 5.53. The van der Waals surface area contributed by atoms with Crippen molar-refractivity contribution in [1.29, 1.82) is 0 Å². The monoisotopic (exact) mass is 277 g/mol. The number of benzene rings is 1. The topological polar surface area (TPSA) is 68.0 Å². The summed E-state index contributed by atoms with van der Waals surface area (Å²) < 4.78 is 12.9. The van der Waals surface area contributed by atoms with Crippen LogP contribution in [0.25, 0.3) is 0 Å². The number of carbonyl (C=O) groups is 1. The molecule has 0 saturated heterocycles. The molecular formula is C13H12FN3OS. The first-order chi connectivity index (χ1) is 9.15. The number of aromatic nitrogens is 1. The lowest BCUT2D eigenvalue weighted by atomic mass is 10.2. The summed E-state index contributed by atoms with van der Waals surface area (Å²) in [5.74, 6) is -0.373. The predicted octanol–water partition coefficient (Wildman–Crippen LogP) is 2.53. The highest BCUT2D eigenvalue weighted by Crippen LogP contribution is 2.20. The molecule has 19 heavy (non-hydrogen) atoms. The molecule has 2 rings (SSSR count). The maximum absolute atomic E-state index is 12.9. The molecule has 0 radical (unpaired) electrons. The third-order valence-corrected chi connectivity index (χ3v) is 3.32. The third-order valence-electron chi connectivity index (χ3n) is 2.31. The first-order valence-corrected chi connectivity index (χ1v) is 6.51. The number of anilines is 2. The van der Waals surface area contributed by atoms with Gasteiger partial charge >= 0.3 is 0 Å². The van der Waals surface area contributed by atoms with Gasteiger partial charge in [-0.15, -0.1) is 11.8 Å². The lowest BCUT2D eigenvalue weighted by Crippen LogP contribution is -2.15. The minimum Gasteiger partial charge on any atom is -0.397 e. The van der Waals surface area contributed by atoms with Crippen LogP contribution < -0.4 is 11.1 Å². The van der Waals surface area contributed by atoms with Crippen LogP contribution in [0.3, 0.4) is 0 Å². The average molecular weight is 277 g/mol. The normalized spacial score (nSPS) is 10.2. The predicted molar refractivity (Wildman–Crippen MR) is 74.4 cm³/mol. The van der Waals surface area contributed by atoms with Gasteiger partial charge < -0.3 is 11.1 Å². The van der Waals surface area contributed by atoms with Crippen molar-refractivity contribution in [3.05, 3.63) is 48.5 Å². The second-order valence-corrected chi connectivity index (χ2v) is 4.80. The van der Waals surface area contributed by atoms with Crippen LogP contribution in [0.2, 0.25) is 0 Å². The summed E-state index contributed by atoms with van der Waals surface area (Å²) in [7, 11) is 0. The van der Waals surface area contributed by atoms with Crippen LogP contribution in [0.15, 0.2) is 47.6 Å². The molecule has 1 amide bonds. The van der Waals surface area contributed by atoms with Crippen LogP contribution >= 0.6 is 11.8 Å². The number of hydrogen-bond acceptors (Lipinski definition) is 4. The fourth-order valence-corrected chi connectivity index (χ4v) is 2.10. The molecule has 0 fully saturated rings.